The molecule has 1 aromatic rings. The molecule has 5 heteroatoms. The van der Waals surface area contributed by atoms with E-state index in [9.17, 15) is 4.79 Å². The number of anilines is 1. The normalized spacial score (nSPS) is 28.6. The topological polar surface area (TPSA) is 42.0 Å². The number of hydrogen-bond donors (Lipinski definition) is 1. The van der Waals surface area contributed by atoms with Crippen LogP contribution in [-0.2, 0) is 4.79 Å². The molecule has 102 valence electrons. The Hall–Kier alpha value is -0.610. The van der Waals surface area contributed by atoms with E-state index in [-0.39, 0.29) is 5.91 Å². The Morgan fingerprint density at radius 3 is 3.00 bits per heavy atom. The van der Waals surface area contributed by atoms with E-state index in [2.05, 4.69) is 26.2 Å². The van der Waals surface area contributed by atoms with Gasteiger partial charge in [-0.2, -0.15) is 0 Å². The second-order valence-corrected chi connectivity index (χ2v) is 6.87. The highest BCUT2D eigenvalue weighted by atomic mass is 79.9. The molecule has 0 radical (unpaired) electrons. The number of carbonyl (C=O) groups is 1. The number of pyridine rings is 1. The molecule has 2 fully saturated rings. The summed E-state index contributed by atoms with van der Waals surface area (Å²) in [5.41, 5.74) is 0.653. The van der Waals surface area contributed by atoms with Gasteiger partial charge in [-0.1, -0.05) is 18.0 Å². The molecule has 1 N–H and O–H groups in total. The van der Waals surface area contributed by atoms with Crippen LogP contribution in [0.1, 0.15) is 32.1 Å². The Morgan fingerprint density at radius 1 is 1.47 bits per heavy atom. The van der Waals surface area contributed by atoms with E-state index < -0.39 is 0 Å². The monoisotopic (exact) mass is 342 g/mol. The molecule has 1 aromatic heterocycles. The van der Waals surface area contributed by atoms with Crippen LogP contribution < -0.4 is 5.32 Å². The number of carbonyl (C=O) groups excluding carboxylic acids is 1. The predicted octanol–water partition coefficient (Wildman–Crippen LogP) is 4.26. The molecule has 3 atom stereocenters. The summed E-state index contributed by atoms with van der Waals surface area (Å²) in [7, 11) is 0. The molecule has 0 aliphatic heterocycles. The minimum Gasteiger partial charge on any atom is -0.324 e. The van der Waals surface area contributed by atoms with Gasteiger partial charge in [-0.25, -0.2) is 4.98 Å². The number of nitrogens with zero attached hydrogens (tertiary/aromatic N) is 1. The van der Waals surface area contributed by atoms with Crippen LogP contribution in [-0.4, -0.2) is 10.9 Å². The first-order valence-corrected chi connectivity index (χ1v) is 7.90. The molecule has 0 aromatic carbocycles. The van der Waals surface area contributed by atoms with Crippen molar-refractivity contribution in [2.24, 2.45) is 17.8 Å². The van der Waals surface area contributed by atoms with E-state index in [1.165, 1.54) is 25.7 Å². The first-order valence-electron chi connectivity index (χ1n) is 6.72. The van der Waals surface area contributed by atoms with Crippen LogP contribution >= 0.6 is 27.5 Å². The molecule has 2 aliphatic carbocycles. The van der Waals surface area contributed by atoms with Crippen molar-refractivity contribution in [3.63, 3.8) is 0 Å². The Labute approximate surface area is 126 Å². The highest BCUT2D eigenvalue weighted by Gasteiger charge is 2.40. The van der Waals surface area contributed by atoms with E-state index in [1.54, 1.807) is 12.3 Å². The zero-order valence-electron chi connectivity index (χ0n) is 10.5. The molecule has 2 bridgehead atoms. The quantitative estimate of drug-likeness (QED) is 0.833. The number of rotatable bonds is 3. The third-order valence-corrected chi connectivity index (χ3v) is 5.25. The lowest BCUT2D eigenvalue weighted by atomic mass is 9.86. The second kappa shape index (κ2) is 5.41. The van der Waals surface area contributed by atoms with Gasteiger partial charge in [0.05, 0.1) is 10.7 Å². The van der Waals surface area contributed by atoms with Crippen molar-refractivity contribution in [1.29, 1.82) is 0 Å². The Kier molecular flexibility index (Phi) is 3.81. The molecular weight excluding hydrogens is 328 g/mol. The zero-order chi connectivity index (χ0) is 13.4. The molecule has 1 amide bonds. The maximum atomic E-state index is 12.1. The summed E-state index contributed by atoms with van der Waals surface area (Å²) in [5, 5.41) is 3.43. The first kappa shape index (κ1) is 13.4. The van der Waals surface area contributed by atoms with Crippen LogP contribution in [0, 0.1) is 17.8 Å². The molecule has 3 unspecified atom stereocenters. The molecule has 2 aliphatic rings. The van der Waals surface area contributed by atoms with Gasteiger partial charge in [0.15, 0.2) is 0 Å². The van der Waals surface area contributed by atoms with E-state index in [0.717, 1.165) is 11.8 Å². The second-order valence-electron chi connectivity index (χ2n) is 5.68. The van der Waals surface area contributed by atoms with Crippen molar-refractivity contribution >= 4 is 39.1 Å². The van der Waals surface area contributed by atoms with Gasteiger partial charge in [-0.05, 0) is 59.0 Å². The lowest BCUT2D eigenvalue weighted by Gasteiger charge is -2.21. The molecule has 2 saturated carbocycles. The van der Waals surface area contributed by atoms with E-state index >= 15 is 0 Å². The number of hydrogen-bond acceptors (Lipinski definition) is 2. The largest absolute Gasteiger partial charge is 0.324 e. The van der Waals surface area contributed by atoms with Gasteiger partial charge < -0.3 is 5.32 Å². The molecule has 1 heterocycles. The fourth-order valence-electron chi connectivity index (χ4n) is 3.58. The van der Waals surface area contributed by atoms with Gasteiger partial charge in [-0.3, -0.25) is 4.79 Å². The SMILES string of the molecule is O=C(CC1CC2CCC1C2)Nc1cc(Cl)cnc1Br. The highest BCUT2D eigenvalue weighted by Crippen LogP contribution is 2.49. The van der Waals surface area contributed by atoms with Crippen LogP contribution in [0.15, 0.2) is 16.9 Å². The summed E-state index contributed by atoms with van der Waals surface area (Å²) in [6.07, 6.45) is 7.42. The Bertz CT molecular complexity index is 508. The van der Waals surface area contributed by atoms with Crippen molar-refractivity contribution in [2.75, 3.05) is 5.32 Å². The lowest BCUT2D eigenvalue weighted by molar-refractivity contribution is -0.117. The fraction of sp³-hybridized carbons (Fsp3) is 0.571. The summed E-state index contributed by atoms with van der Waals surface area (Å²) in [5.74, 6) is 2.30. The van der Waals surface area contributed by atoms with Crippen LogP contribution in [0.3, 0.4) is 0 Å². The molecular formula is C14H16BrClN2O. The first-order chi connectivity index (χ1) is 9.11. The average molecular weight is 344 g/mol. The van der Waals surface area contributed by atoms with Gasteiger partial charge in [0.25, 0.3) is 0 Å². The fourth-order valence-corrected chi connectivity index (χ4v) is 4.05. The van der Waals surface area contributed by atoms with Crippen molar-refractivity contribution in [3.05, 3.63) is 21.9 Å². The molecule has 0 saturated heterocycles. The standard InChI is InChI=1S/C14H16BrClN2O/c15-14-12(6-11(16)7-17-14)18-13(19)5-10-4-8-1-2-9(10)3-8/h6-10H,1-5H2,(H,18,19). The number of amides is 1. The van der Waals surface area contributed by atoms with Gasteiger partial charge in [0, 0.05) is 12.6 Å². The Balaban J connectivity index is 1.61. The van der Waals surface area contributed by atoms with Gasteiger partial charge >= 0.3 is 0 Å². The molecule has 3 rings (SSSR count). The predicted molar refractivity (Wildman–Crippen MR) is 79.1 cm³/mol. The molecule has 0 spiro atoms. The number of nitrogens with one attached hydrogen (secondary N) is 1. The summed E-state index contributed by atoms with van der Waals surface area (Å²) in [6, 6.07) is 1.72. The van der Waals surface area contributed by atoms with E-state index in [0.29, 0.717) is 27.7 Å². The third-order valence-electron chi connectivity index (χ3n) is 4.41. The van der Waals surface area contributed by atoms with Crippen LogP contribution in [0.25, 0.3) is 0 Å². The van der Waals surface area contributed by atoms with Gasteiger partial charge in [0.2, 0.25) is 5.91 Å². The lowest BCUT2D eigenvalue weighted by Crippen LogP contribution is -2.20. The Morgan fingerprint density at radius 2 is 2.32 bits per heavy atom. The van der Waals surface area contributed by atoms with Crippen molar-refractivity contribution in [2.45, 2.75) is 32.1 Å². The summed E-state index contributed by atoms with van der Waals surface area (Å²) >= 11 is 9.21. The van der Waals surface area contributed by atoms with Crippen LogP contribution in [0.4, 0.5) is 5.69 Å². The van der Waals surface area contributed by atoms with E-state index in [1.807, 2.05) is 0 Å². The van der Waals surface area contributed by atoms with E-state index in [4.69, 9.17) is 11.6 Å². The maximum Gasteiger partial charge on any atom is 0.224 e. The van der Waals surface area contributed by atoms with Crippen molar-refractivity contribution < 1.29 is 4.79 Å². The zero-order valence-corrected chi connectivity index (χ0v) is 12.9. The highest BCUT2D eigenvalue weighted by molar-refractivity contribution is 9.10. The van der Waals surface area contributed by atoms with Gasteiger partial charge in [0.1, 0.15) is 4.60 Å². The summed E-state index contributed by atoms with van der Waals surface area (Å²) < 4.78 is 0.623. The summed E-state index contributed by atoms with van der Waals surface area (Å²) in [6.45, 7) is 0. The van der Waals surface area contributed by atoms with Crippen LogP contribution in [0.5, 0.6) is 0 Å². The van der Waals surface area contributed by atoms with Crippen molar-refractivity contribution in [3.8, 4) is 0 Å². The third kappa shape index (κ3) is 2.95. The van der Waals surface area contributed by atoms with Crippen molar-refractivity contribution in [1.82, 2.24) is 4.98 Å². The maximum absolute atomic E-state index is 12.1. The average Bonchev–Trinajstić information content (AvgIpc) is 2.96. The minimum absolute atomic E-state index is 0.0716. The molecule has 19 heavy (non-hydrogen) atoms. The molecule has 3 nitrogen and oxygen atoms in total. The van der Waals surface area contributed by atoms with Crippen LogP contribution in [0.2, 0.25) is 5.02 Å². The smallest absolute Gasteiger partial charge is 0.224 e. The van der Waals surface area contributed by atoms with Gasteiger partial charge in [-0.15, -0.1) is 0 Å². The number of halogens is 2. The summed E-state index contributed by atoms with van der Waals surface area (Å²) in [4.78, 5) is 16.2. The number of aromatic nitrogens is 1. The minimum atomic E-state index is 0.0716. The number of fused-ring (bicyclic) bond motifs is 2.